The highest BCUT2D eigenvalue weighted by molar-refractivity contribution is 5.73. The van der Waals surface area contributed by atoms with Gasteiger partial charge in [-0.3, -0.25) is 4.68 Å². The molecule has 1 heterocycles. The van der Waals surface area contributed by atoms with Gasteiger partial charge in [0, 0.05) is 31.4 Å². The third kappa shape index (κ3) is 4.05. The minimum Gasteiger partial charge on any atom is -0.338 e. The van der Waals surface area contributed by atoms with Crippen molar-refractivity contribution in [3.63, 3.8) is 0 Å². The summed E-state index contributed by atoms with van der Waals surface area (Å²) < 4.78 is 1.83. The second-order valence-corrected chi connectivity index (χ2v) is 5.87. The smallest absolute Gasteiger partial charge is 0.315 e. The van der Waals surface area contributed by atoms with Crippen LogP contribution >= 0.6 is 0 Å². The summed E-state index contributed by atoms with van der Waals surface area (Å²) in [7, 11) is 1.91. The number of aromatic nitrogens is 2. The molecular weight excluding hydrogens is 228 g/mol. The van der Waals surface area contributed by atoms with Crippen LogP contribution in [0.5, 0.6) is 0 Å². The van der Waals surface area contributed by atoms with Gasteiger partial charge in [0.2, 0.25) is 0 Å². The van der Waals surface area contributed by atoms with E-state index in [0.29, 0.717) is 13.1 Å². The Morgan fingerprint density at radius 3 is 2.33 bits per heavy atom. The molecule has 102 valence electrons. The van der Waals surface area contributed by atoms with E-state index in [1.165, 1.54) is 0 Å². The Bertz CT molecular complexity index is 429. The predicted octanol–water partition coefficient (Wildman–Crippen LogP) is 1.88. The van der Waals surface area contributed by atoms with Crippen LogP contribution in [0.2, 0.25) is 0 Å². The number of urea groups is 1. The molecule has 5 nitrogen and oxygen atoms in total. The van der Waals surface area contributed by atoms with Crippen LogP contribution in [0.25, 0.3) is 0 Å². The fourth-order valence-electron chi connectivity index (χ4n) is 1.65. The van der Waals surface area contributed by atoms with Crippen LogP contribution in [0.4, 0.5) is 4.79 Å². The number of carbonyl (C=O) groups excluding carboxylic acids is 1. The number of carbonyl (C=O) groups is 1. The number of hydrogen-bond donors (Lipinski definition) is 2. The molecule has 0 saturated heterocycles. The first-order chi connectivity index (χ1) is 8.20. The van der Waals surface area contributed by atoms with E-state index in [1.54, 1.807) is 0 Å². The van der Waals surface area contributed by atoms with Crippen molar-refractivity contribution in [2.24, 2.45) is 12.5 Å². The van der Waals surface area contributed by atoms with Crippen LogP contribution in [0, 0.1) is 19.3 Å². The Kier molecular flexibility index (Phi) is 4.38. The molecule has 0 aliphatic rings. The van der Waals surface area contributed by atoms with Crippen molar-refractivity contribution in [3.8, 4) is 0 Å². The Labute approximate surface area is 109 Å². The number of amides is 2. The van der Waals surface area contributed by atoms with Crippen molar-refractivity contribution in [2.45, 2.75) is 41.2 Å². The quantitative estimate of drug-likeness (QED) is 0.863. The highest BCUT2D eigenvalue weighted by Gasteiger charge is 2.13. The van der Waals surface area contributed by atoms with Crippen LogP contribution in [-0.2, 0) is 13.6 Å². The molecule has 2 N–H and O–H groups in total. The minimum absolute atomic E-state index is 0.0947. The Morgan fingerprint density at radius 1 is 1.28 bits per heavy atom. The Hall–Kier alpha value is -1.52. The first kappa shape index (κ1) is 14.5. The maximum Gasteiger partial charge on any atom is 0.315 e. The molecule has 0 bridgehead atoms. The SMILES string of the molecule is Cc1nn(C)c(C)c1CNC(=O)NCC(C)(C)C. The average molecular weight is 252 g/mol. The second kappa shape index (κ2) is 5.42. The first-order valence-corrected chi connectivity index (χ1v) is 6.21. The second-order valence-electron chi connectivity index (χ2n) is 5.87. The molecule has 0 fully saturated rings. The molecular formula is C13H24N4O. The lowest BCUT2D eigenvalue weighted by Gasteiger charge is -2.18. The molecule has 0 aliphatic carbocycles. The minimum atomic E-state index is -0.132. The topological polar surface area (TPSA) is 59.0 Å². The molecule has 18 heavy (non-hydrogen) atoms. The van der Waals surface area contributed by atoms with E-state index in [9.17, 15) is 4.79 Å². The zero-order valence-electron chi connectivity index (χ0n) is 12.2. The third-order valence-corrected chi connectivity index (χ3v) is 2.86. The summed E-state index contributed by atoms with van der Waals surface area (Å²) in [5, 5.41) is 10.0. The van der Waals surface area contributed by atoms with E-state index < -0.39 is 0 Å². The molecule has 1 aromatic heterocycles. The largest absolute Gasteiger partial charge is 0.338 e. The molecule has 5 heteroatoms. The number of hydrogen-bond acceptors (Lipinski definition) is 2. The van der Waals surface area contributed by atoms with Gasteiger partial charge >= 0.3 is 6.03 Å². The van der Waals surface area contributed by atoms with Crippen LogP contribution in [0.3, 0.4) is 0 Å². The van der Waals surface area contributed by atoms with Crippen LogP contribution < -0.4 is 10.6 Å². The van der Waals surface area contributed by atoms with Crippen LogP contribution in [0.15, 0.2) is 0 Å². The first-order valence-electron chi connectivity index (χ1n) is 6.21. The number of aryl methyl sites for hydroxylation is 2. The van der Waals surface area contributed by atoms with Gasteiger partial charge in [0.05, 0.1) is 5.69 Å². The Balaban J connectivity index is 2.48. The van der Waals surface area contributed by atoms with Crippen molar-refractivity contribution in [2.75, 3.05) is 6.54 Å². The van der Waals surface area contributed by atoms with Crippen molar-refractivity contribution >= 4 is 6.03 Å². The highest BCUT2D eigenvalue weighted by atomic mass is 16.2. The predicted molar refractivity (Wildman–Crippen MR) is 72.4 cm³/mol. The van der Waals surface area contributed by atoms with E-state index in [-0.39, 0.29) is 11.4 Å². The lowest BCUT2D eigenvalue weighted by atomic mass is 9.97. The van der Waals surface area contributed by atoms with Crippen molar-refractivity contribution < 1.29 is 4.79 Å². The zero-order chi connectivity index (χ0) is 13.9. The van der Waals surface area contributed by atoms with E-state index in [0.717, 1.165) is 17.0 Å². The lowest BCUT2D eigenvalue weighted by Crippen LogP contribution is -2.39. The van der Waals surface area contributed by atoms with E-state index in [1.807, 2.05) is 25.6 Å². The maximum atomic E-state index is 11.6. The average Bonchev–Trinajstić information content (AvgIpc) is 2.47. The normalized spacial score (nSPS) is 11.4. The number of nitrogens with zero attached hydrogens (tertiary/aromatic N) is 2. The monoisotopic (exact) mass is 252 g/mol. The molecule has 0 saturated carbocycles. The summed E-state index contributed by atoms with van der Waals surface area (Å²) in [6.07, 6.45) is 0. The van der Waals surface area contributed by atoms with Crippen molar-refractivity contribution in [3.05, 3.63) is 17.0 Å². The van der Waals surface area contributed by atoms with E-state index in [4.69, 9.17) is 0 Å². The van der Waals surface area contributed by atoms with Gasteiger partial charge < -0.3 is 10.6 Å². The molecule has 0 aromatic carbocycles. The Morgan fingerprint density at radius 2 is 1.89 bits per heavy atom. The summed E-state index contributed by atoms with van der Waals surface area (Å²) in [6.45, 7) is 11.4. The van der Waals surface area contributed by atoms with Gasteiger partial charge in [-0.15, -0.1) is 0 Å². The van der Waals surface area contributed by atoms with Gasteiger partial charge in [-0.05, 0) is 19.3 Å². The third-order valence-electron chi connectivity index (χ3n) is 2.86. The van der Waals surface area contributed by atoms with Gasteiger partial charge in [-0.25, -0.2) is 4.79 Å². The standard InChI is InChI=1S/C13H24N4O/c1-9-11(10(2)17(6)16-9)7-14-12(18)15-8-13(3,4)5/h7-8H2,1-6H3,(H2,14,15,18). The van der Waals surface area contributed by atoms with E-state index >= 15 is 0 Å². The molecule has 0 spiro atoms. The molecule has 1 aromatic rings. The van der Waals surface area contributed by atoms with Gasteiger partial charge in [0.15, 0.2) is 0 Å². The molecule has 0 atom stereocenters. The van der Waals surface area contributed by atoms with Gasteiger partial charge in [0.25, 0.3) is 0 Å². The van der Waals surface area contributed by atoms with Gasteiger partial charge in [-0.1, -0.05) is 20.8 Å². The lowest BCUT2D eigenvalue weighted by molar-refractivity contribution is 0.235. The van der Waals surface area contributed by atoms with E-state index in [2.05, 4.69) is 36.5 Å². The van der Waals surface area contributed by atoms with Gasteiger partial charge in [0.1, 0.15) is 0 Å². The summed E-state index contributed by atoms with van der Waals surface area (Å²) in [4.78, 5) is 11.6. The number of rotatable bonds is 3. The summed E-state index contributed by atoms with van der Waals surface area (Å²) in [5.74, 6) is 0. The van der Waals surface area contributed by atoms with Crippen molar-refractivity contribution in [1.82, 2.24) is 20.4 Å². The molecule has 0 radical (unpaired) electrons. The van der Waals surface area contributed by atoms with Crippen LogP contribution in [-0.4, -0.2) is 22.4 Å². The number of nitrogens with one attached hydrogen (secondary N) is 2. The summed E-state index contributed by atoms with van der Waals surface area (Å²) in [5.41, 5.74) is 3.23. The molecule has 1 rings (SSSR count). The molecule has 2 amide bonds. The molecule has 0 aliphatic heterocycles. The van der Waals surface area contributed by atoms with Crippen molar-refractivity contribution in [1.29, 1.82) is 0 Å². The fraction of sp³-hybridized carbons (Fsp3) is 0.692. The zero-order valence-corrected chi connectivity index (χ0v) is 12.2. The van der Waals surface area contributed by atoms with Gasteiger partial charge in [-0.2, -0.15) is 5.10 Å². The highest BCUT2D eigenvalue weighted by Crippen LogP contribution is 2.12. The van der Waals surface area contributed by atoms with Crippen LogP contribution in [0.1, 0.15) is 37.7 Å². The summed E-state index contributed by atoms with van der Waals surface area (Å²) in [6, 6.07) is -0.132. The molecule has 0 unspecified atom stereocenters. The maximum absolute atomic E-state index is 11.6. The summed E-state index contributed by atoms with van der Waals surface area (Å²) >= 11 is 0. The fourth-order valence-corrected chi connectivity index (χ4v) is 1.65.